The summed E-state index contributed by atoms with van der Waals surface area (Å²) in [5, 5.41) is 10.6. The third kappa shape index (κ3) is 9.35. The smallest absolute Gasteiger partial charge is 0.238 e. The molecule has 2 atom stereocenters. The molecule has 8 heterocycles. The van der Waals surface area contributed by atoms with Gasteiger partial charge in [-0.3, -0.25) is 0 Å². The van der Waals surface area contributed by atoms with Crippen molar-refractivity contribution in [2.75, 3.05) is 27.4 Å². The van der Waals surface area contributed by atoms with Crippen LogP contribution in [0, 0.1) is 13.8 Å². The molecule has 0 radical (unpaired) electrons. The number of nitrogens with zero attached hydrogens (tertiary/aromatic N) is 12. The first kappa shape index (κ1) is 42.3. The van der Waals surface area contributed by atoms with Gasteiger partial charge in [-0.15, -0.1) is 0 Å². The molecule has 0 bridgehead atoms. The van der Waals surface area contributed by atoms with Gasteiger partial charge in [0.05, 0.1) is 76.0 Å². The Morgan fingerprint density at radius 3 is 1.36 bits per heavy atom. The van der Waals surface area contributed by atoms with Crippen molar-refractivity contribution in [3.63, 3.8) is 0 Å². The number of ether oxygens (including phenoxy) is 4. The predicted octanol–water partition coefficient (Wildman–Crippen LogP) is 8.24. The third-order valence-electron chi connectivity index (χ3n) is 10.3. The van der Waals surface area contributed by atoms with E-state index in [-0.39, 0.29) is 12.2 Å². The molecule has 324 valence electrons. The molecule has 2 aliphatic heterocycles. The molecule has 0 spiro atoms. The van der Waals surface area contributed by atoms with Gasteiger partial charge >= 0.3 is 0 Å². The number of benzene rings is 2. The van der Waals surface area contributed by atoms with Gasteiger partial charge in [0.15, 0.2) is 23.3 Å². The van der Waals surface area contributed by atoms with E-state index < -0.39 is 0 Å². The Morgan fingerprint density at radius 2 is 0.984 bits per heavy atom. The summed E-state index contributed by atoms with van der Waals surface area (Å²) >= 11 is 12.0. The van der Waals surface area contributed by atoms with Crippen LogP contribution in [0.4, 0.5) is 0 Å². The van der Waals surface area contributed by atoms with Gasteiger partial charge in [0.25, 0.3) is 0 Å². The lowest BCUT2D eigenvalue weighted by atomic mass is 10.1. The number of hydrogen-bond acceptors (Lipinski definition) is 12. The number of halogens is 2. The van der Waals surface area contributed by atoms with E-state index >= 15 is 0 Å². The van der Waals surface area contributed by atoms with Crippen LogP contribution in [0.2, 0.25) is 10.0 Å². The first-order chi connectivity index (χ1) is 31.2. The number of rotatable bonds is 10. The van der Waals surface area contributed by atoms with Crippen LogP contribution in [0.15, 0.2) is 97.8 Å². The average molecular weight is 898 g/mol. The summed E-state index contributed by atoms with van der Waals surface area (Å²) in [5.41, 5.74) is 6.96. The molecule has 64 heavy (non-hydrogen) atoms. The van der Waals surface area contributed by atoms with Gasteiger partial charge in [0, 0.05) is 22.4 Å². The van der Waals surface area contributed by atoms with E-state index in [4.69, 9.17) is 52.1 Å². The minimum absolute atomic E-state index is 0.271. The molecule has 8 aromatic rings. The van der Waals surface area contributed by atoms with Gasteiger partial charge in [0.2, 0.25) is 11.8 Å². The molecule has 16 nitrogen and oxygen atoms in total. The molecule has 6 aromatic heterocycles. The van der Waals surface area contributed by atoms with Gasteiger partial charge in [-0.25, -0.2) is 39.3 Å². The Morgan fingerprint density at radius 1 is 0.562 bits per heavy atom. The van der Waals surface area contributed by atoms with Crippen molar-refractivity contribution in [1.29, 1.82) is 0 Å². The van der Waals surface area contributed by atoms with Crippen molar-refractivity contribution in [3.05, 3.63) is 165 Å². The number of fused-ring (bicyclic) bond motifs is 2. The van der Waals surface area contributed by atoms with Crippen LogP contribution in [0.5, 0.6) is 11.8 Å². The molecule has 0 aliphatic carbocycles. The summed E-state index contributed by atoms with van der Waals surface area (Å²) in [6.45, 7) is 6.33. The standard InChI is InChI=1S/2C23H21ClN6O2/c2*1-15-13-29(14-25-15)19-9-7-18(26-23(19)31-2)8-10-20-27-22-21(32-12-11-30(22)28-20)16-3-5-17(24)6-4-16/h2*3-10,13-14,21H,11-12H2,1-2H3/b2*10-8+/t2*21-/m10/s1. The molecule has 0 amide bonds. The highest BCUT2D eigenvalue weighted by Gasteiger charge is 2.27. The van der Waals surface area contributed by atoms with Crippen LogP contribution < -0.4 is 9.47 Å². The minimum atomic E-state index is -0.271. The maximum atomic E-state index is 6.02. The van der Waals surface area contributed by atoms with E-state index in [2.05, 4.69) is 30.1 Å². The normalized spacial score (nSPS) is 15.8. The molecule has 2 aromatic carbocycles. The van der Waals surface area contributed by atoms with E-state index in [1.54, 1.807) is 26.9 Å². The molecule has 0 saturated heterocycles. The zero-order valence-corrected chi connectivity index (χ0v) is 36.8. The van der Waals surface area contributed by atoms with E-state index in [0.717, 1.165) is 56.9 Å². The maximum Gasteiger partial charge on any atom is 0.238 e. The number of methoxy groups -OCH3 is 2. The molecule has 0 saturated carbocycles. The monoisotopic (exact) mass is 896 g/mol. The van der Waals surface area contributed by atoms with E-state index in [0.29, 0.717) is 59.8 Å². The van der Waals surface area contributed by atoms with Crippen molar-refractivity contribution < 1.29 is 18.9 Å². The lowest BCUT2D eigenvalue weighted by Gasteiger charge is -2.23. The molecule has 0 fully saturated rings. The third-order valence-corrected chi connectivity index (χ3v) is 10.8. The summed E-state index contributed by atoms with van der Waals surface area (Å²) < 4.78 is 30.5. The maximum absolute atomic E-state index is 6.02. The average Bonchev–Trinajstić information content (AvgIpc) is 4.15. The van der Waals surface area contributed by atoms with Crippen LogP contribution in [0.1, 0.15) is 69.4 Å². The highest BCUT2D eigenvalue weighted by Crippen LogP contribution is 2.31. The van der Waals surface area contributed by atoms with Crippen LogP contribution in [0.25, 0.3) is 35.7 Å². The van der Waals surface area contributed by atoms with E-state index in [1.807, 2.05) is 142 Å². The number of imidazole rings is 2. The van der Waals surface area contributed by atoms with Gasteiger partial charge < -0.3 is 28.1 Å². The fourth-order valence-electron chi connectivity index (χ4n) is 7.23. The van der Waals surface area contributed by atoms with E-state index in [1.165, 1.54) is 0 Å². The largest absolute Gasteiger partial charge is 0.479 e. The minimum Gasteiger partial charge on any atom is -0.479 e. The lowest BCUT2D eigenvalue weighted by molar-refractivity contribution is 0.0389. The summed E-state index contributed by atoms with van der Waals surface area (Å²) in [7, 11) is 3.20. The van der Waals surface area contributed by atoms with Gasteiger partial charge in [0.1, 0.15) is 23.6 Å². The zero-order chi connectivity index (χ0) is 44.2. The topological polar surface area (TPSA) is 160 Å². The van der Waals surface area contributed by atoms with Crippen molar-refractivity contribution in [2.45, 2.75) is 39.1 Å². The number of aryl methyl sites for hydroxylation is 2. The first-order valence-electron chi connectivity index (χ1n) is 20.3. The second-order valence-corrected chi connectivity index (χ2v) is 15.6. The molecule has 0 unspecified atom stereocenters. The molecule has 18 heteroatoms. The van der Waals surface area contributed by atoms with Crippen molar-refractivity contribution in [2.24, 2.45) is 0 Å². The number of hydrogen-bond donors (Lipinski definition) is 0. The SMILES string of the molecule is COc1nc(/C=C/c2nc3n(n2)CCO[C@@H]3c2ccc(Cl)cc2)ccc1-n1cnc(C)c1.COc1nc(/C=C/c2nc3n(n2)CCO[C@H]3c2ccc(Cl)cc2)ccc1-n1cnc(C)c1. The summed E-state index contributed by atoms with van der Waals surface area (Å²) in [6.07, 6.45) is 14.2. The van der Waals surface area contributed by atoms with Crippen LogP contribution >= 0.6 is 23.2 Å². The van der Waals surface area contributed by atoms with Gasteiger partial charge in [-0.1, -0.05) is 47.5 Å². The highest BCUT2D eigenvalue weighted by molar-refractivity contribution is 6.30. The summed E-state index contributed by atoms with van der Waals surface area (Å²) in [6, 6.07) is 22.9. The molecule has 0 N–H and O–H groups in total. The van der Waals surface area contributed by atoms with Crippen molar-refractivity contribution >= 4 is 47.5 Å². The molecular weight excluding hydrogens is 855 g/mol. The second kappa shape index (κ2) is 18.8. The zero-order valence-electron chi connectivity index (χ0n) is 35.3. The van der Waals surface area contributed by atoms with E-state index in [9.17, 15) is 0 Å². The Bertz CT molecular complexity index is 2760. The fraction of sp³-hybridized carbons (Fsp3) is 0.217. The van der Waals surface area contributed by atoms with Gasteiger partial charge in [-0.2, -0.15) is 10.2 Å². The lowest BCUT2D eigenvalue weighted by Crippen LogP contribution is -2.23. The van der Waals surface area contributed by atoms with Crippen LogP contribution in [-0.4, -0.2) is 86.0 Å². The number of aromatic nitrogens is 12. The first-order valence-corrected chi connectivity index (χ1v) is 21.1. The quantitative estimate of drug-likeness (QED) is 0.130. The summed E-state index contributed by atoms with van der Waals surface area (Å²) in [5.74, 6) is 3.76. The highest BCUT2D eigenvalue weighted by atomic mass is 35.5. The molecule has 2 aliphatic rings. The Balaban J connectivity index is 0.000000162. The Kier molecular flexibility index (Phi) is 12.4. The second-order valence-electron chi connectivity index (χ2n) is 14.7. The number of pyridine rings is 2. The van der Waals surface area contributed by atoms with Crippen molar-refractivity contribution in [3.8, 4) is 23.1 Å². The predicted molar refractivity (Wildman–Crippen MR) is 242 cm³/mol. The Labute approximate surface area is 378 Å². The molecular formula is C46H42Cl2N12O4. The molecule has 10 rings (SSSR count). The Hall–Kier alpha value is -6.98. The van der Waals surface area contributed by atoms with Gasteiger partial charge in [-0.05, 0) is 97.8 Å². The fourth-order valence-corrected chi connectivity index (χ4v) is 7.48. The summed E-state index contributed by atoms with van der Waals surface area (Å²) in [4.78, 5) is 27.1. The van der Waals surface area contributed by atoms with Crippen LogP contribution in [-0.2, 0) is 22.6 Å². The van der Waals surface area contributed by atoms with Crippen molar-refractivity contribution in [1.82, 2.24) is 58.6 Å². The van der Waals surface area contributed by atoms with Crippen LogP contribution in [0.3, 0.4) is 0 Å².